The van der Waals surface area contributed by atoms with Gasteiger partial charge in [0.05, 0.1) is 19.2 Å². The Bertz CT molecular complexity index is 1560. The van der Waals surface area contributed by atoms with Gasteiger partial charge in [0.15, 0.2) is 17.3 Å². The minimum atomic E-state index is -0.469. The van der Waals surface area contributed by atoms with Gasteiger partial charge in [-0.2, -0.15) is 4.98 Å². The fraction of sp³-hybridized carbons (Fsp3) is 0.419. The number of carbonyl (C=O) groups is 1. The van der Waals surface area contributed by atoms with E-state index in [1.54, 1.807) is 43.6 Å². The highest BCUT2D eigenvalue weighted by atomic mass is 16.5. The fourth-order valence-electron chi connectivity index (χ4n) is 4.71. The second-order valence-electron chi connectivity index (χ2n) is 11.5. The second-order valence-corrected chi connectivity index (χ2v) is 11.5. The molecule has 0 atom stereocenters. The Morgan fingerprint density at radius 1 is 1.02 bits per heavy atom. The topological polar surface area (TPSA) is 147 Å². The number of hydrogen-bond donors (Lipinski definition) is 3. The number of piperazine rings is 1. The number of fused-ring (bicyclic) bond motifs is 1. The molecule has 0 unspecified atom stereocenters. The number of nitrogens with zero attached hydrogens (tertiary/aromatic N) is 5. The van der Waals surface area contributed by atoms with Crippen LogP contribution in [-0.4, -0.2) is 95.7 Å². The normalized spacial score (nSPS) is 14.4. The van der Waals surface area contributed by atoms with Gasteiger partial charge in [-0.1, -0.05) is 32.0 Å². The number of rotatable bonds is 11. The van der Waals surface area contributed by atoms with Crippen LogP contribution in [0.25, 0.3) is 10.9 Å². The van der Waals surface area contributed by atoms with Gasteiger partial charge in [-0.3, -0.25) is 15.1 Å². The van der Waals surface area contributed by atoms with Crippen molar-refractivity contribution in [1.29, 1.82) is 0 Å². The van der Waals surface area contributed by atoms with Crippen LogP contribution in [0.15, 0.2) is 53.2 Å². The third kappa shape index (κ3) is 8.13. The van der Waals surface area contributed by atoms with E-state index in [4.69, 9.17) is 23.8 Å². The van der Waals surface area contributed by atoms with Crippen molar-refractivity contribution in [2.24, 2.45) is 0 Å². The number of aliphatic hydroxyl groups excluding tert-OH is 1. The first-order chi connectivity index (χ1) is 21.2. The number of benzene rings is 2. The molecule has 2 aromatic heterocycles. The molecule has 1 fully saturated rings. The van der Waals surface area contributed by atoms with E-state index in [9.17, 15) is 4.79 Å². The van der Waals surface area contributed by atoms with Gasteiger partial charge in [0.1, 0.15) is 18.1 Å². The standard InChI is InChI=1S/C31H39N7O6/c1-31(2,3)27-19-28(36-44-27)35-29(40)33-22-6-5-7-23(17-22)43-30-32-20-21-16-25(41-4)26(18-24(21)34-30)42-15-13-38-10-8-37(9-11-38)12-14-39/h5-7,16-20,39H,8-15H2,1-4H3,(H2,33,35,36,40). The molecule has 3 heterocycles. The summed E-state index contributed by atoms with van der Waals surface area (Å²) in [5, 5.41) is 19.3. The largest absolute Gasteiger partial charge is 0.493 e. The molecule has 13 nitrogen and oxygen atoms in total. The summed E-state index contributed by atoms with van der Waals surface area (Å²) in [5.41, 5.74) is 0.924. The smallest absolute Gasteiger partial charge is 0.324 e. The van der Waals surface area contributed by atoms with Crippen molar-refractivity contribution < 1.29 is 28.6 Å². The van der Waals surface area contributed by atoms with Crippen molar-refractivity contribution in [2.45, 2.75) is 26.2 Å². The molecule has 234 valence electrons. The summed E-state index contributed by atoms with van der Waals surface area (Å²) in [6, 6.07) is 11.9. The van der Waals surface area contributed by atoms with E-state index < -0.39 is 6.03 Å². The molecule has 2 aromatic carbocycles. The van der Waals surface area contributed by atoms with Crippen molar-refractivity contribution in [3.05, 3.63) is 54.4 Å². The fourth-order valence-corrected chi connectivity index (χ4v) is 4.71. The van der Waals surface area contributed by atoms with Crippen LogP contribution in [0, 0.1) is 0 Å². The predicted octanol–water partition coefficient (Wildman–Crippen LogP) is 4.35. The summed E-state index contributed by atoms with van der Waals surface area (Å²) < 4.78 is 22.9. The monoisotopic (exact) mass is 605 g/mol. The lowest BCUT2D eigenvalue weighted by molar-refractivity contribution is 0.101. The summed E-state index contributed by atoms with van der Waals surface area (Å²) in [7, 11) is 1.60. The average molecular weight is 606 g/mol. The Labute approximate surface area is 256 Å². The molecular formula is C31H39N7O6. The number of aromatic nitrogens is 3. The van der Waals surface area contributed by atoms with Gasteiger partial charge in [0.2, 0.25) is 0 Å². The second kappa shape index (κ2) is 13.9. The van der Waals surface area contributed by atoms with Crippen LogP contribution in [0.5, 0.6) is 23.3 Å². The minimum Gasteiger partial charge on any atom is -0.493 e. The maximum Gasteiger partial charge on any atom is 0.324 e. The minimum absolute atomic E-state index is 0.147. The Hall–Kier alpha value is -4.46. The van der Waals surface area contributed by atoms with Gasteiger partial charge in [0, 0.05) is 80.2 Å². The zero-order valence-corrected chi connectivity index (χ0v) is 25.5. The highest BCUT2D eigenvalue weighted by molar-refractivity contribution is 5.99. The van der Waals surface area contributed by atoms with E-state index in [1.807, 2.05) is 32.9 Å². The third-order valence-corrected chi connectivity index (χ3v) is 7.18. The molecule has 13 heteroatoms. The number of carbonyl (C=O) groups excluding carboxylic acids is 1. The van der Waals surface area contributed by atoms with Gasteiger partial charge in [-0.15, -0.1) is 0 Å². The van der Waals surface area contributed by atoms with Crippen molar-refractivity contribution in [2.75, 3.05) is 70.2 Å². The number of nitrogens with one attached hydrogen (secondary N) is 2. The Balaban J connectivity index is 1.20. The lowest BCUT2D eigenvalue weighted by Gasteiger charge is -2.34. The zero-order valence-electron chi connectivity index (χ0n) is 25.5. The maximum atomic E-state index is 12.5. The molecule has 0 radical (unpaired) electrons. The number of ether oxygens (including phenoxy) is 3. The third-order valence-electron chi connectivity index (χ3n) is 7.18. The molecular weight excluding hydrogens is 566 g/mol. The molecule has 2 amide bonds. The van der Waals surface area contributed by atoms with Crippen LogP contribution >= 0.6 is 0 Å². The Kier molecular flexibility index (Phi) is 9.78. The molecule has 3 N–H and O–H groups in total. The van der Waals surface area contributed by atoms with Gasteiger partial charge >= 0.3 is 12.0 Å². The molecule has 0 bridgehead atoms. The number of anilines is 2. The van der Waals surface area contributed by atoms with E-state index in [0.29, 0.717) is 46.6 Å². The van der Waals surface area contributed by atoms with E-state index in [-0.39, 0.29) is 18.0 Å². The van der Waals surface area contributed by atoms with E-state index >= 15 is 0 Å². The zero-order chi connectivity index (χ0) is 31.1. The summed E-state index contributed by atoms with van der Waals surface area (Å²) >= 11 is 0. The molecule has 1 aliphatic heterocycles. The number of aliphatic hydroxyl groups is 1. The average Bonchev–Trinajstić information content (AvgIpc) is 3.47. The van der Waals surface area contributed by atoms with Gasteiger partial charge in [-0.05, 0) is 18.2 Å². The van der Waals surface area contributed by atoms with Crippen LogP contribution in [-0.2, 0) is 5.41 Å². The van der Waals surface area contributed by atoms with Crippen molar-refractivity contribution in [3.63, 3.8) is 0 Å². The molecule has 4 aromatic rings. The van der Waals surface area contributed by atoms with Crippen molar-refractivity contribution >= 4 is 28.4 Å². The van der Waals surface area contributed by atoms with Gasteiger partial charge in [0.25, 0.3) is 0 Å². The summed E-state index contributed by atoms with van der Waals surface area (Å²) in [5.74, 6) is 2.62. The highest BCUT2D eigenvalue weighted by Crippen LogP contribution is 2.33. The highest BCUT2D eigenvalue weighted by Gasteiger charge is 2.21. The number of β-amino-alcohol motifs (C(OH)–C–C–N with tert-alkyl or cyclic N) is 1. The molecule has 0 saturated carbocycles. The number of methoxy groups -OCH3 is 1. The number of amides is 2. The lowest BCUT2D eigenvalue weighted by Crippen LogP contribution is -2.48. The Morgan fingerprint density at radius 3 is 2.50 bits per heavy atom. The summed E-state index contributed by atoms with van der Waals surface area (Å²) in [6.45, 7) is 11.9. The van der Waals surface area contributed by atoms with Gasteiger partial charge in [-0.25, -0.2) is 9.78 Å². The molecule has 0 spiro atoms. The lowest BCUT2D eigenvalue weighted by atomic mass is 9.93. The first kappa shape index (κ1) is 31.0. The number of hydrogen-bond acceptors (Lipinski definition) is 11. The molecule has 44 heavy (non-hydrogen) atoms. The van der Waals surface area contributed by atoms with Crippen LogP contribution in [0.2, 0.25) is 0 Å². The van der Waals surface area contributed by atoms with Gasteiger partial charge < -0.3 is 29.2 Å². The van der Waals surface area contributed by atoms with Crippen molar-refractivity contribution in [3.8, 4) is 23.3 Å². The molecule has 0 aliphatic carbocycles. The quantitative estimate of drug-likeness (QED) is 0.224. The Morgan fingerprint density at radius 2 is 1.80 bits per heavy atom. The maximum absolute atomic E-state index is 12.5. The first-order valence-corrected chi connectivity index (χ1v) is 14.6. The SMILES string of the molecule is COc1cc2cnc(Oc3cccc(NC(=O)Nc4cc(C(C)(C)C)on4)c3)nc2cc1OCCN1CCN(CCO)CC1. The molecule has 1 aliphatic rings. The summed E-state index contributed by atoms with van der Waals surface area (Å²) in [6.07, 6.45) is 1.66. The van der Waals surface area contributed by atoms with Crippen molar-refractivity contribution in [1.82, 2.24) is 24.9 Å². The molecule has 5 rings (SSSR count). The predicted molar refractivity (Wildman–Crippen MR) is 166 cm³/mol. The van der Waals surface area contributed by atoms with E-state index in [1.165, 1.54) is 0 Å². The molecule has 1 saturated heterocycles. The van der Waals surface area contributed by atoms with Crippen LogP contribution in [0.1, 0.15) is 26.5 Å². The summed E-state index contributed by atoms with van der Waals surface area (Å²) in [4.78, 5) is 26.1. The van der Waals surface area contributed by atoms with E-state index in [0.717, 1.165) is 44.7 Å². The first-order valence-electron chi connectivity index (χ1n) is 14.6. The van der Waals surface area contributed by atoms with Crippen LogP contribution in [0.3, 0.4) is 0 Å². The van der Waals surface area contributed by atoms with E-state index in [2.05, 4.69) is 35.6 Å². The number of urea groups is 1. The van der Waals surface area contributed by atoms with Crippen LogP contribution in [0.4, 0.5) is 16.3 Å². The van der Waals surface area contributed by atoms with Crippen LogP contribution < -0.4 is 24.8 Å².